The maximum atomic E-state index is 12.7. The van der Waals surface area contributed by atoms with Gasteiger partial charge < -0.3 is 15.2 Å². The molecule has 0 aliphatic carbocycles. The number of aromatic nitrogens is 1. The predicted molar refractivity (Wildman–Crippen MR) is 102 cm³/mol. The van der Waals surface area contributed by atoms with Crippen LogP contribution in [0.4, 0.5) is 0 Å². The summed E-state index contributed by atoms with van der Waals surface area (Å²) in [6, 6.07) is 5.21. The number of nitrogens with zero attached hydrogens (tertiary/aromatic N) is 1. The van der Waals surface area contributed by atoms with E-state index in [-0.39, 0.29) is 18.8 Å². The van der Waals surface area contributed by atoms with Gasteiger partial charge >= 0.3 is 0 Å². The van der Waals surface area contributed by atoms with Crippen molar-refractivity contribution in [1.29, 1.82) is 0 Å². The predicted octanol–water partition coefficient (Wildman–Crippen LogP) is 2.44. The molecule has 1 heterocycles. The Morgan fingerprint density at radius 1 is 1.22 bits per heavy atom. The van der Waals surface area contributed by atoms with Crippen LogP contribution in [0.25, 0.3) is 11.1 Å². The lowest BCUT2D eigenvalue weighted by Crippen LogP contribution is -2.34. The van der Waals surface area contributed by atoms with Crippen molar-refractivity contribution in [3.63, 3.8) is 0 Å². The van der Waals surface area contributed by atoms with Crippen LogP contribution in [0.5, 0.6) is 5.75 Å². The third-order valence-corrected chi connectivity index (χ3v) is 4.41. The van der Waals surface area contributed by atoms with E-state index in [1.165, 1.54) is 38.0 Å². The Morgan fingerprint density at radius 3 is 2.48 bits per heavy atom. The fourth-order valence-corrected chi connectivity index (χ4v) is 3.01. The number of Topliss-reactive ketones (excluding diaryl/α,β-unsaturated/α-hetero) is 1. The highest BCUT2D eigenvalue weighted by atomic mass is 35.5. The first-order chi connectivity index (χ1) is 12.8. The molecule has 2 N–H and O–H groups in total. The van der Waals surface area contributed by atoms with E-state index in [1.807, 2.05) is 0 Å². The Labute approximate surface area is 161 Å². The number of carbonyl (C=O) groups excluding carboxylic acids is 2. The van der Waals surface area contributed by atoms with Gasteiger partial charge in [0.2, 0.25) is 5.91 Å². The second-order valence-electron chi connectivity index (χ2n) is 5.95. The summed E-state index contributed by atoms with van der Waals surface area (Å²) in [5.41, 5.74) is 6.27. The fourth-order valence-electron chi connectivity index (χ4n) is 2.84. The molecule has 0 bridgehead atoms. The lowest BCUT2D eigenvalue weighted by Gasteiger charge is -2.19. The summed E-state index contributed by atoms with van der Waals surface area (Å²) in [4.78, 5) is 36.5. The van der Waals surface area contributed by atoms with E-state index in [4.69, 9.17) is 26.8 Å². The van der Waals surface area contributed by atoms with Gasteiger partial charge in [0.05, 0.1) is 13.3 Å². The van der Waals surface area contributed by atoms with Crippen molar-refractivity contribution in [2.75, 3.05) is 20.8 Å². The molecule has 0 fully saturated rings. The molecule has 144 valence electrons. The standard InChI is InChI=1S/C19H21ClN2O5/c1-11(23)13-5-4-12(20)8-14(13)15-9-18(24)22(10-17(15)27-3)16(19(21)25)6-7-26-2/h4-5,8-10,16H,6-7H2,1-3H3,(H2,21,25). The lowest BCUT2D eigenvalue weighted by molar-refractivity contribution is -0.121. The first-order valence-electron chi connectivity index (χ1n) is 8.19. The van der Waals surface area contributed by atoms with Crippen LogP contribution in [0.3, 0.4) is 0 Å². The van der Waals surface area contributed by atoms with E-state index in [0.29, 0.717) is 27.5 Å². The highest BCUT2D eigenvalue weighted by Gasteiger charge is 2.22. The minimum Gasteiger partial charge on any atom is -0.495 e. The minimum absolute atomic E-state index is 0.178. The molecule has 1 unspecified atom stereocenters. The monoisotopic (exact) mass is 392 g/mol. The van der Waals surface area contributed by atoms with Crippen molar-refractivity contribution in [2.45, 2.75) is 19.4 Å². The van der Waals surface area contributed by atoms with Crippen molar-refractivity contribution in [1.82, 2.24) is 4.57 Å². The van der Waals surface area contributed by atoms with Crippen LogP contribution in [-0.4, -0.2) is 37.1 Å². The number of ether oxygens (including phenoxy) is 2. The molecule has 1 aromatic carbocycles. The zero-order valence-electron chi connectivity index (χ0n) is 15.3. The molecule has 0 spiro atoms. The molecule has 0 radical (unpaired) electrons. The van der Waals surface area contributed by atoms with E-state index in [2.05, 4.69) is 0 Å². The summed E-state index contributed by atoms with van der Waals surface area (Å²) in [5.74, 6) is -0.526. The number of primary amides is 1. The van der Waals surface area contributed by atoms with Crippen molar-refractivity contribution >= 4 is 23.3 Å². The van der Waals surface area contributed by atoms with Crippen molar-refractivity contribution < 1.29 is 19.1 Å². The van der Waals surface area contributed by atoms with Crippen LogP contribution < -0.4 is 16.0 Å². The molecule has 0 saturated carbocycles. The number of pyridine rings is 1. The maximum Gasteiger partial charge on any atom is 0.252 e. The van der Waals surface area contributed by atoms with Gasteiger partial charge in [-0.1, -0.05) is 11.6 Å². The Hall–Kier alpha value is -2.64. The summed E-state index contributed by atoms with van der Waals surface area (Å²) in [6.45, 7) is 1.68. The van der Waals surface area contributed by atoms with Gasteiger partial charge in [-0.15, -0.1) is 0 Å². The van der Waals surface area contributed by atoms with E-state index >= 15 is 0 Å². The number of ketones is 1. The molecule has 27 heavy (non-hydrogen) atoms. The number of hydrogen-bond donors (Lipinski definition) is 1. The van der Waals surface area contributed by atoms with Crippen molar-refractivity contribution in [3.05, 3.63) is 51.4 Å². The highest BCUT2D eigenvalue weighted by molar-refractivity contribution is 6.31. The fraction of sp³-hybridized carbons (Fsp3) is 0.316. The van der Waals surface area contributed by atoms with Gasteiger partial charge in [-0.25, -0.2) is 0 Å². The summed E-state index contributed by atoms with van der Waals surface area (Å²) in [5, 5.41) is 0.413. The summed E-state index contributed by atoms with van der Waals surface area (Å²) >= 11 is 6.08. The van der Waals surface area contributed by atoms with Gasteiger partial charge in [0, 0.05) is 42.4 Å². The first kappa shape index (κ1) is 20.7. The van der Waals surface area contributed by atoms with E-state index in [1.54, 1.807) is 18.2 Å². The Bertz CT molecular complexity index is 923. The number of carbonyl (C=O) groups is 2. The molecule has 1 amide bonds. The maximum absolute atomic E-state index is 12.7. The summed E-state index contributed by atoms with van der Waals surface area (Å²) in [6.07, 6.45) is 1.65. The number of halogens is 1. The number of nitrogens with two attached hydrogens (primary N) is 1. The number of amides is 1. The molecular formula is C19H21ClN2O5. The molecule has 8 heteroatoms. The molecule has 1 aromatic heterocycles. The minimum atomic E-state index is -0.882. The topological polar surface area (TPSA) is 101 Å². The normalized spacial score (nSPS) is 11.9. The van der Waals surface area contributed by atoms with Gasteiger partial charge in [0.15, 0.2) is 5.78 Å². The zero-order valence-corrected chi connectivity index (χ0v) is 16.1. The van der Waals surface area contributed by atoms with Gasteiger partial charge in [0.25, 0.3) is 5.56 Å². The quantitative estimate of drug-likeness (QED) is 0.695. The van der Waals surface area contributed by atoms with E-state index in [0.717, 1.165) is 0 Å². The number of benzene rings is 1. The van der Waals surface area contributed by atoms with Crippen molar-refractivity contribution in [3.8, 4) is 16.9 Å². The van der Waals surface area contributed by atoms with Gasteiger partial charge in [-0.05, 0) is 30.7 Å². The third-order valence-electron chi connectivity index (χ3n) is 4.17. The smallest absolute Gasteiger partial charge is 0.252 e. The lowest BCUT2D eigenvalue weighted by atomic mass is 9.97. The van der Waals surface area contributed by atoms with E-state index < -0.39 is 17.5 Å². The highest BCUT2D eigenvalue weighted by Crippen LogP contribution is 2.34. The third kappa shape index (κ3) is 4.56. The molecule has 0 saturated heterocycles. The number of rotatable bonds is 8. The second-order valence-corrected chi connectivity index (χ2v) is 6.38. The molecular weight excluding hydrogens is 372 g/mol. The molecule has 7 nitrogen and oxygen atoms in total. The Morgan fingerprint density at radius 2 is 1.93 bits per heavy atom. The summed E-state index contributed by atoms with van der Waals surface area (Å²) < 4.78 is 11.6. The number of methoxy groups -OCH3 is 2. The molecule has 0 aliphatic heterocycles. The Kier molecular flexibility index (Phi) is 6.76. The second kappa shape index (κ2) is 8.83. The van der Waals surface area contributed by atoms with Crippen LogP contribution in [0.15, 0.2) is 35.3 Å². The summed E-state index contributed by atoms with van der Waals surface area (Å²) in [7, 11) is 2.92. The van der Waals surface area contributed by atoms with Gasteiger partial charge in [0.1, 0.15) is 11.8 Å². The van der Waals surface area contributed by atoms with Crippen LogP contribution in [-0.2, 0) is 9.53 Å². The molecule has 2 aromatic rings. The van der Waals surface area contributed by atoms with Crippen LogP contribution in [0, 0.1) is 0 Å². The SMILES string of the molecule is COCCC(C(N)=O)n1cc(OC)c(-c2cc(Cl)ccc2C(C)=O)cc1=O. The average molecular weight is 393 g/mol. The van der Waals surface area contributed by atoms with Crippen molar-refractivity contribution in [2.24, 2.45) is 5.73 Å². The largest absolute Gasteiger partial charge is 0.495 e. The molecule has 2 rings (SSSR count). The van der Waals surface area contributed by atoms with E-state index in [9.17, 15) is 14.4 Å². The molecule has 0 aliphatic rings. The van der Waals surface area contributed by atoms with Crippen LogP contribution in [0.1, 0.15) is 29.7 Å². The zero-order chi connectivity index (χ0) is 20.1. The van der Waals surface area contributed by atoms with Gasteiger partial charge in [-0.3, -0.25) is 19.0 Å². The first-order valence-corrected chi connectivity index (χ1v) is 8.57. The van der Waals surface area contributed by atoms with Crippen LogP contribution >= 0.6 is 11.6 Å². The average Bonchev–Trinajstić information content (AvgIpc) is 2.62. The molecule has 1 atom stereocenters. The Balaban J connectivity index is 2.67. The van der Waals surface area contributed by atoms with Crippen LogP contribution in [0.2, 0.25) is 5.02 Å². The number of hydrogen-bond acceptors (Lipinski definition) is 5. The van der Waals surface area contributed by atoms with Gasteiger partial charge in [-0.2, -0.15) is 0 Å².